The quantitative estimate of drug-likeness (QED) is 0.849. The standard InChI is InChI=1S/C17H21N3O4/c1-20-8-7-18-16(20)17(22)19-14-11-23-9-6-15(14)24-13-4-2-12(10-21)3-5-13/h2-5,7-8,14-15,21H,6,9-11H2,1H3,(H,19,22)/t14-,15-/m1/s1. The van der Waals surface area contributed by atoms with Crippen LogP contribution in [0.5, 0.6) is 5.75 Å². The molecule has 0 saturated carbocycles. The van der Waals surface area contributed by atoms with E-state index in [-0.39, 0.29) is 24.7 Å². The Labute approximate surface area is 140 Å². The summed E-state index contributed by atoms with van der Waals surface area (Å²) in [7, 11) is 1.77. The van der Waals surface area contributed by atoms with Crippen molar-refractivity contribution in [1.82, 2.24) is 14.9 Å². The number of benzene rings is 1. The number of aromatic nitrogens is 2. The molecule has 3 rings (SSSR count). The van der Waals surface area contributed by atoms with Gasteiger partial charge in [0.25, 0.3) is 5.91 Å². The number of imidazole rings is 1. The highest BCUT2D eigenvalue weighted by atomic mass is 16.5. The van der Waals surface area contributed by atoms with Crippen LogP contribution in [0.3, 0.4) is 0 Å². The van der Waals surface area contributed by atoms with Gasteiger partial charge in [-0.2, -0.15) is 0 Å². The molecule has 0 aliphatic carbocycles. The number of hydrogen-bond donors (Lipinski definition) is 2. The van der Waals surface area contributed by atoms with E-state index in [9.17, 15) is 4.79 Å². The Morgan fingerprint density at radius 3 is 2.92 bits per heavy atom. The van der Waals surface area contributed by atoms with Crippen molar-refractivity contribution in [2.45, 2.75) is 25.2 Å². The molecule has 0 spiro atoms. The molecule has 0 radical (unpaired) electrons. The third-order valence-electron chi connectivity index (χ3n) is 4.03. The molecule has 0 bridgehead atoms. The average Bonchev–Trinajstić information content (AvgIpc) is 3.03. The minimum absolute atomic E-state index is 0.000103. The Hall–Kier alpha value is -2.38. The fraction of sp³-hybridized carbons (Fsp3) is 0.412. The number of carbonyl (C=O) groups is 1. The molecule has 7 nitrogen and oxygen atoms in total. The predicted molar refractivity (Wildman–Crippen MR) is 86.7 cm³/mol. The lowest BCUT2D eigenvalue weighted by Gasteiger charge is -2.32. The molecule has 24 heavy (non-hydrogen) atoms. The summed E-state index contributed by atoms with van der Waals surface area (Å²) in [4.78, 5) is 16.4. The van der Waals surface area contributed by atoms with Crippen molar-refractivity contribution in [3.63, 3.8) is 0 Å². The van der Waals surface area contributed by atoms with Crippen LogP contribution in [-0.4, -0.2) is 45.9 Å². The summed E-state index contributed by atoms with van der Waals surface area (Å²) in [5, 5.41) is 12.0. The molecule has 1 fully saturated rings. The second kappa shape index (κ2) is 7.46. The largest absolute Gasteiger partial charge is 0.488 e. The van der Waals surface area contributed by atoms with Crippen LogP contribution in [0.4, 0.5) is 0 Å². The van der Waals surface area contributed by atoms with E-state index < -0.39 is 0 Å². The predicted octanol–water partition coefficient (Wildman–Crippen LogP) is 0.879. The molecular formula is C17H21N3O4. The summed E-state index contributed by atoms with van der Waals surface area (Å²) in [6, 6.07) is 7.02. The third-order valence-corrected chi connectivity index (χ3v) is 4.03. The zero-order valence-corrected chi connectivity index (χ0v) is 13.5. The van der Waals surface area contributed by atoms with Crippen LogP contribution in [0.15, 0.2) is 36.7 Å². The number of aliphatic hydroxyl groups is 1. The number of amides is 1. The van der Waals surface area contributed by atoms with E-state index in [1.165, 1.54) is 0 Å². The molecule has 2 heterocycles. The molecule has 2 atom stereocenters. The number of aliphatic hydroxyl groups excluding tert-OH is 1. The van der Waals surface area contributed by atoms with E-state index in [4.69, 9.17) is 14.6 Å². The Balaban J connectivity index is 1.66. The van der Waals surface area contributed by atoms with Crippen molar-refractivity contribution >= 4 is 5.91 Å². The lowest BCUT2D eigenvalue weighted by atomic mass is 10.1. The van der Waals surface area contributed by atoms with Crippen molar-refractivity contribution in [2.24, 2.45) is 7.05 Å². The number of hydrogen-bond acceptors (Lipinski definition) is 5. The first-order valence-electron chi connectivity index (χ1n) is 7.90. The van der Waals surface area contributed by atoms with Crippen molar-refractivity contribution in [3.8, 4) is 5.75 Å². The molecule has 1 aromatic heterocycles. The van der Waals surface area contributed by atoms with E-state index in [1.54, 1.807) is 24.0 Å². The van der Waals surface area contributed by atoms with Crippen molar-refractivity contribution in [1.29, 1.82) is 0 Å². The Morgan fingerprint density at radius 1 is 1.46 bits per heavy atom. The second-order valence-corrected chi connectivity index (χ2v) is 5.76. The van der Waals surface area contributed by atoms with Crippen molar-refractivity contribution in [2.75, 3.05) is 13.2 Å². The van der Waals surface area contributed by atoms with Gasteiger partial charge in [0.15, 0.2) is 5.82 Å². The highest BCUT2D eigenvalue weighted by molar-refractivity contribution is 5.91. The molecule has 1 amide bonds. The van der Waals surface area contributed by atoms with E-state index in [0.717, 1.165) is 5.56 Å². The Bertz CT molecular complexity index is 683. The molecule has 1 aliphatic heterocycles. The second-order valence-electron chi connectivity index (χ2n) is 5.76. The lowest BCUT2D eigenvalue weighted by Crippen LogP contribution is -2.52. The summed E-state index contributed by atoms with van der Waals surface area (Å²) in [6.45, 7) is 0.990. The van der Waals surface area contributed by atoms with Crippen LogP contribution in [0.25, 0.3) is 0 Å². The van der Waals surface area contributed by atoms with Crippen LogP contribution < -0.4 is 10.1 Å². The van der Waals surface area contributed by atoms with Crippen LogP contribution in [0.2, 0.25) is 0 Å². The van der Waals surface area contributed by atoms with E-state index in [1.807, 2.05) is 24.3 Å². The van der Waals surface area contributed by atoms with E-state index in [2.05, 4.69) is 10.3 Å². The van der Waals surface area contributed by atoms with Gasteiger partial charge in [-0.15, -0.1) is 0 Å². The van der Waals surface area contributed by atoms with Crippen LogP contribution >= 0.6 is 0 Å². The normalized spacial score (nSPS) is 20.6. The van der Waals surface area contributed by atoms with Crippen molar-refractivity contribution < 1.29 is 19.4 Å². The minimum atomic E-state index is -0.250. The van der Waals surface area contributed by atoms with Gasteiger partial charge in [-0.25, -0.2) is 4.98 Å². The number of rotatable bonds is 5. The number of carbonyl (C=O) groups excluding carboxylic acids is 1. The fourth-order valence-electron chi connectivity index (χ4n) is 2.66. The molecule has 2 aromatic rings. The van der Waals surface area contributed by atoms with Gasteiger partial charge in [0.05, 0.1) is 25.9 Å². The van der Waals surface area contributed by atoms with Gasteiger partial charge in [0.1, 0.15) is 11.9 Å². The summed E-state index contributed by atoms with van der Waals surface area (Å²) in [6.07, 6.45) is 3.82. The van der Waals surface area contributed by atoms with Gasteiger partial charge < -0.3 is 24.5 Å². The van der Waals surface area contributed by atoms with Gasteiger partial charge in [-0.1, -0.05) is 12.1 Å². The zero-order chi connectivity index (χ0) is 16.9. The molecule has 128 valence electrons. The molecular weight excluding hydrogens is 310 g/mol. The van der Waals surface area contributed by atoms with Crippen LogP contribution in [-0.2, 0) is 18.4 Å². The molecule has 1 saturated heterocycles. The number of aryl methyl sites for hydroxylation is 1. The van der Waals surface area contributed by atoms with Gasteiger partial charge in [-0.05, 0) is 17.7 Å². The Morgan fingerprint density at radius 2 is 2.25 bits per heavy atom. The average molecular weight is 331 g/mol. The van der Waals surface area contributed by atoms with Gasteiger partial charge in [-0.3, -0.25) is 4.79 Å². The third kappa shape index (κ3) is 3.74. The first kappa shape index (κ1) is 16.5. The van der Waals surface area contributed by atoms with Crippen molar-refractivity contribution in [3.05, 3.63) is 48.0 Å². The maximum atomic E-state index is 12.3. The Kier molecular flexibility index (Phi) is 5.12. The maximum absolute atomic E-state index is 12.3. The minimum Gasteiger partial charge on any atom is -0.488 e. The summed E-state index contributed by atoms with van der Waals surface area (Å²) in [5.41, 5.74) is 0.828. The fourth-order valence-corrected chi connectivity index (χ4v) is 2.66. The van der Waals surface area contributed by atoms with Crippen LogP contribution in [0, 0.1) is 0 Å². The number of nitrogens with zero attached hydrogens (tertiary/aromatic N) is 2. The first-order chi connectivity index (χ1) is 11.7. The molecule has 1 aliphatic rings. The highest BCUT2D eigenvalue weighted by Crippen LogP contribution is 2.19. The molecule has 1 aromatic carbocycles. The highest BCUT2D eigenvalue weighted by Gasteiger charge is 2.30. The van der Waals surface area contributed by atoms with E-state index in [0.29, 0.717) is 31.2 Å². The lowest BCUT2D eigenvalue weighted by molar-refractivity contribution is -0.00306. The smallest absolute Gasteiger partial charge is 0.287 e. The maximum Gasteiger partial charge on any atom is 0.287 e. The summed E-state index contributed by atoms with van der Waals surface area (Å²) < 4.78 is 13.2. The molecule has 2 N–H and O–H groups in total. The van der Waals surface area contributed by atoms with Gasteiger partial charge in [0.2, 0.25) is 0 Å². The summed E-state index contributed by atoms with van der Waals surface area (Å²) in [5.74, 6) is 0.809. The van der Waals surface area contributed by atoms with Gasteiger partial charge >= 0.3 is 0 Å². The number of ether oxygens (including phenoxy) is 2. The topological polar surface area (TPSA) is 85.6 Å². The van der Waals surface area contributed by atoms with Crippen LogP contribution in [0.1, 0.15) is 22.6 Å². The first-order valence-corrected chi connectivity index (χ1v) is 7.90. The van der Waals surface area contributed by atoms with E-state index >= 15 is 0 Å². The van der Waals surface area contributed by atoms with Gasteiger partial charge in [0, 0.05) is 25.9 Å². The molecule has 0 unspecified atom stereocenters. The summed E-state index contributed by atoms with van der Waals surface area (Å²) >= 11 is 0. The monoisotopic (exact) mass is 331 g/mol. The zero-order valence-electron chi connectivity index (χ0n) is 13.5. The molecule has 7 heteroatoms. The SMILES string of the molecule is Cn1ccnc1C(=O)N[C@@H]1COCC[C@H]1Oc1ccc(CO)cc1. The number of nitrogens with one attached hydrogen (secondary N) is 1.